The Balaban J connectivity index is 1.50. The average molecular weight is 328 g/mol. The van der Waals surface area contributed by atoms with Crippen molar-refractivity contribution < 1.29 is 4.79 Å². The van der Waals surface area contributed by atoms with Crippen LogP contribution in [0.1, 0.15) is 36.6 Å². The first-order valence-corrected chi connectivity index (χ1v) is 9.17. The number of likely N-dealkylation sites (tertiary alicyclic amines) is 1. The van der Waals surface area contributed by atoms with E-state index in [4.69, 9.17) is 0 Å². The molecule has 2 fully saturated rings. The smallest absolute Gasteiger partial charge is 0.233 e. The molecule has 5 nitrogen and oxygen atoms in total. The van der Waals surface area contributed by atoms with E-state index < -0.39 is 0 Å². The van der Waals surface area contributed by atoms with Crippen molar-refractivity contribution in [3.63, 3.8) is 0 Å². The first kappa shape index (κ1) is 14.8. The van der Waals surface area contributed by atoms with E-state index in [0.717, 1.165) is 37.0 Å². The van der Waals surface area contributed by atoms with Crippen molar-refractivity contribution in [2.45, 2.75) is 36.9 Å². The van der Waals surface area contributed by atoms with Gasteiger partial charge in [0.15, 0.2) is 5.16 Å². The number of carbonyl (C=O) groups excluding carboxylic acids is 1. The number of hydrogen-bond acceptors (Lipinski definition) is 4. The van der Waals surface area contributed by atoms with Crippen molar-refractivity contribution >= 4 is 17.7 Å². The largest absolute Gasteiger partial charge is 0.342 e. The quantitative estimate of drug-likeness (QED) is 0.765. The van der Waals surface area contributed by atoms with Crippen LogP contribution < -0.4 is 0 Å². The van der Waals surface area contributed by atoms with Crippen LogP contribution in [-0.2, 0) is 11.3 Å². The highest BCUT2D eigenvalue weighted by Crippen LogP contribution is 2.40. The van der Waals surface area contributed by atoms with E-state index in [2.05, 4.69) is 39.0 Å². The summed E-state index contributed by atoms with van der Waals surface area (Å²) in [5, 5.41) is 9.62. The van der Waals surface area contributed by atoms with Gasteiger partial charge in [0.1, 0.15) is 5.82 Å². The lowest BCUT2D eigenvalue weighted by Gasteiger charge is -2.30. The zero-order valence-corrected chi connectivity index (χ0v) is 13.8. The SMILES string of the molecule is O=C(CSc1nnc(C2CC2)n1Cc1ccccc1)N1CCC1. The Morgan fingerprint density at radius 2 is 1.96 bits per heavy atom. The summed E-state index contributed by atoms with van der Waals surface area (Å²) in [6.07, 6.45) is 3.53. The number of hydrogen-bond donors (Lipinski definition) is 0. The third-order valence-electron chi connectivity index (χ3n) is 4.40. The van der Waals surface area contributed by atoms with Crippen LogP contribution in [0.15, 0.2) is 35.5 Å². The van der Waals surface area contributed by atoms with Crippen LogP contribution in [0.4, 0.5) is 0 Å². The maximum absolute atomic E-state index is 12.1. The van der Waals surface area contributed by atoms with Gasteiger partial charge in [-0.3, -0.25) is 4.79 Å². The Bertz CT molecular complexity index is 692. The normalized spacial score (nSPS) is 17.1. The van der Waals surface area contributed by atoms with Crippen molar-refractivity contribution in [2.75, 3.05) is 18.8 Å². The first-order valence-electron chi connectivity index (χ1n) is 8.19. The third kappa shape index (κ3) is 3.27. The van der Waals surface area contributed by atoms with Crippen LogP contribution in [0.5, 0.6) is 0 Å². The van der Waals surface area contributed by atoms with Gasteiger partial charge in [0.05, 0.1) is 12.3 Å². The van der Waals surface area contributed by atoms with E-state index in [1.807, 2.05) is 11.0 Å². The van der Waals surface area contributed by atoms with Crippen molar-refractivity contribution in [3.8, 4) is 0 Å². The molecule has 0 bridgehead atoms. The molecule has 4 rings (SSSR count). The monoisotopic (exact) mass is 328 g/mol. The molecule has 2 aromatic rings. The minimum absolute atomic E-state index is 0.212. The van der Waals surface area contributed by atoms with Crippen molar-refractivity contribution in [1.29, 1.82) is 0 Å². The number of thioether (sulfide) groups is 1. The zero-order chi connectivity index (χ0) is 15.6. The van der Waals surface area contributed by atoms with E-state index in [1.54, 1.807) is 0 Å². The van der Waals surface area contributed by atoms with Crippen LogP contribution in [0, 0.1) is 0 Å². The zero-order valence-electron chi connectivity index (χ0n) is 13.0. The van der Waals surface area contributed by atoms with E-state index in [-0.39, 0.29) is 5.91 Å². The standard InChI is InChI=1S/C17H20N4OS/c22-15(20-9-4-10-20)12-23-17-19-18-16(14-7-8-14)21(17)11-13-5-2-1-3-6-13/h1-3,5-6,14H,4,7-12H2. The van der Waals surface area contributed by atoms with Gasteiger partial charge in [-0.15, -0.1) is 10.2 Å². The molecule has 0 atom stereocenters. The fraction of sp³-hybridized carbons (Fsp3) is 0.471. The number of amides is 1. The van der Waals surface area contributed by atoms with Gasteiger partial charge in [-0.2, -0.15) is 0 Å². The maximum atomic E-state index is 12.1. The maximum Gasteiger partial charge on any atom is 0.233 e. The predicted octanol–water partition coefficient (Wildman–Crippen LogP) is 2.53. The summed E-state index contributed by atoms with van der Waals surface area (Å²) in [6.45, 7) is 2.59. The molecule has 1 saturated carbocycles. The third-order valence-corrected chi connectivity index (χ3v) is 5.36. The molecule has 0 unspecified atom stereocenters. The molecule has 23 heavy (non-hydrogen) atoms. The molecule has 0 N–H and O–H groups in total. The summed E-state index contributed by atoms with van der Waals surface area (Å²) in [4.78, 5) is 14.0. The number of aromatic nitrogens is 3. The van der Waals surface area contributed by atoms with Crippen molar-refractivity contribution in [3.05, 3.63) is 41.7 Å². The molecule has 120 valence electrons. The lowest BCUT2D eigenvalue weighted by Crippen LogP contribution is -2.43. The Hall–Kier alpha value is -1.82. The van der Waals surface area contributed by atoms with Gasteiger partial charge >= 0.3 is 0 Å². The summed E-state index contributed by atoms with van der Waals surface area (Å²) < 4.78 is 2.20. The predicted molar refractivity (Wildman–Crippen MR) is 89.5 cm³/mol. The number of nitrogens with zero attached hydrogens (tertiary/aromatic N) is 4. The fourth-order valence-corrected chi connectivity index (χ4v) is 3.60. The first-order chi connectivity index (χ1) is 11.3. The second kappa shape index (κ2) is 6.35. The van der Waals surface area contributed by atoms with E-state index in [9.17, 15) is 4.79 Å². The van der Waals surface area contributed by atoms with Gasteiger partial charge in [-0.1, -0.05) is 42.1 Å². The molecule has 6 heteroatoms. The highest BCUT2D eigenvalue weighted by Gasteiger charge is 2.31. The molecular weight excluding hydrogens is 308 g/mol. The summed E-state index contributed by atoms with van der Waals surface area (Å²) in [5.74, 6) is 2.29. The summed E-state index contributed by atoms with van der Waals surface area (Å²) in [6, 6.07) is 10.4. The van der Waals surface area contributed by atoms with Gasteiger partial charge in [0.2, 0.25) is 5.91 Å². The molecule has 1 amide bonds. The Morgan fingerprint density at radius 3 is 2.61 bits per heavy atom. The molecular formula is C17H20N4OS. The van der Waals surface area contributed by atoms with Crippen LogP contribution in [-0.4, -0.2) is 44.4 Å². The number of rotatable bonds is 6. The van der Waals surface area contributed by atoms with E-state index in [0.29, 0.717) is 11.7 Å². The van der Waals surface area contributed by atoms with E-state index in [1.165, 1.54) is 30.2 Å². The second-order valence-electron chi connectivity index (χ2n) is 6.21. The minimum Gasteiger partial charge on any atom is -0.342 e. The van der Waals surface area contributed by atoms with Gasteiger partial charge in [-0.25, -0.2) is 0 Å². The van der Waals surface area contributed by atoms with E-state index >= 15 is 0 Å². The van der Waals surface area contributed by atoms with Crippen LogP contribution in [0.25, 0.3) is 0 Å². The Labute approximate surface area is 140 Å². The van der Waals surface area contributed by atoms with Crippen LogP contribution >= 0.6 is 11.8 Å². The number of carbonyl (C=O) groups is 1. The van der Waals surface area contributed by atoms with Crippen molar-refractivity contribution in [2.24, 2.45) is 0 Å². The number of benzene rings is 1. The van der Waals surface area contributed by atoms with Gasteiger partial charge in [0, 0.05) is 19.0 Å². The van der Waals surface area contributed by atoms with Crippen LogP contribution in [0.3, 0.4) is 0 Å². The molecule has 1 aliphatic carbocycles. The van der Waals surface area contributed by atoms with Gasteiger partial charge in [-0.05, 0) is 24.8 Å². The average Bonchev–Trinajstić information content (AvgIpc) is 3.27. The van der Waals surface area contributed by atoms with Crippen LogP contribution in [0.2, 0.25) is 0 Å². The summed E-state index contributed by atoms with van der Waals surface area (Å²) >= 11 is 1.52. The fourth-order valence-electron chi connectivity index (χ4n) is 2.75. The Kier molecular flexibility index (Phi) is 4.08. The molecule has 0 radical (unpaired) electrons. The minimum atomic E-state index is 0.212. The molecule has 1 aromatic carbocycles. The van der Waals surface area contributed by atoms with Gasteiger partial charge in [0.25, 0.3) is 0 Å². The highest BCUT2D eigenvalue weighted by molar-refractivity contribution is 7.99. The van der Waals surface area contributed by atoms with Crippen molar-refractivity contribution in [1.82, 2.24) is 19.7 Å². The molecule has 1 saturated heterocycles. The lowest BCUT2D eigenvalue weighted by molar-refractivity contribution is -0.131. The highest BCUT2D eigenvalue weighted by atomic mass is 32.2. The van der Waals surface area contributed by atoms with Gasteiger partial charge < -0.3 is 9.47 Å². The molecule has 0 spiro atoms. The second-order valence-corrected chi connectivity index (χ2v) is 7.15. The molecule has 2 heterocycles. The molecule has 1 aliphatic heterocycles. The molecule has 2 aliphatic rings. The Morgan fingerprint density at radius 1 is 1.17 bits per heavy atom. The lowest BCUT2D eigenvalue weighted by atomic mass is 10.2. The summed E-state index contributed by atoms with van der Waals surface area (Å²) in [7, 11) is 0. The summed E-state index contributed by atoms with van der Waals surface area (Å²) in [5.41, 5.74) is 1.24. The molecule has 1 aromatic heterocycles. The topological polar surface area (TPSA) is 51.0 Å².